The third-order valence-corrected chi connectivity index (χ3v) is 3.50. The maximum absolute atomic E-state index is 12.9. The average Bonchev–Trinajstić information content (AvgIpc) is 2.48. The molecule has 0 aliphatic heterocycles. The molecule has 0 unspecified atom stereocenters. The highest BCUT2D eigenvalue weighted by Crippen LogP contribution is 2.22. The van der Waals surface area contributed by atoms with Gasteiger partial charge in [-0.3, -0.25) is 4.79 Å². The Balaban J connectivity index is 1.87. The van der Waals surface area contributed by atoms with Gasteiger partial charge in [0.25, 0.3) is 5.91 Å². The molecule has 0 saturated carbocycles. The summed E-state index contributed by atoms with van der Waals surface area (Å²) in [5.41, 5.74) is 1.58. The standard InChI is InChI=1S/C16H16ClFN2O/c1-11(12-5-3-2-4-6-12)19-10-16(21)20-15-8-7-13(18)9-14(15)17/h2-9,11,19H,10H2,1H3,(H,20,21)/p+1/t11-/m1/s1. The number of benzene rings is 2. The summed E-state index contributed by atoms with van der Waals surface area (Å²) in [6, 6.07) is 14.0. The molecule has 5 heteroatoms. The fourth-order valence-corrected chi connectivity index (χ4v) is 2.18. The van der Waals surface area contributed by atoms with Crippen molar-refractivity contribution in [3.8, 4) is 0 Å². The molecule has 0 aliphatic carbocycles. The van der Waals surface area contributed by atoms with E-state index in [0.29, 0.717) is 5.69 Å². The van der Waals surface area contributed by atoms with Crippen molar-refractivity contribution in [2.75, 3.05) is 11.9 Å². The lowest BCUT2D eigenvalue weighted by Gasteiger charge is -2.11. The van der Waals surface area contributed by atoms with Crippen LogP contribution in [0.1, 0.15) is 18.5 Å². The van der Waals surface area contributed by atoms with Gasteiger partial charge in [0.15, 0.2) is 6.54 Å². The second-order valence-electron chi connectivity index (χ2n) is 4.81. The van der Waals surface area contributed by atoms with Crippen LogP contribution in [0.5, 0.6) is 0 Å². The molecule has 0 saturated heterocycles. The van der Waals surface area contributed by atoms with Gasteiger partial charge in [0.1, 0.15) is 11.9 Å². The molecule has 110 valence electrons. The third-order valence-electron chi connectivity index (χ3n) is 3.19. The lowest BCUT2D eigenvalue weighted by molar-refractivity contribution is -0.682. The van der Waals surface area contributed by atoms with E-state index in [9.17, 15) is 9.18 Å². The Labute approximate surface area is 128 Å². The topological polar surface area (TPSA) is 45.7 Å². The van der Waals surface area contributed by atoms with Gasteiger partial charge in [0.05, 0.1) is 10.7 Å². The molecule has 0 heterocycles. The Morgan fingerprint density at radius 1 is 1.29 bits per heavy atom. The van der Waals surface area contributed by atoms with Crippen LogP contribution >= 0.6 is 11.6 Å². The van der Waals surface area contributed by atoms with E-state index in [0.717, 1.165) is 5.56 Å². The quantitative estimate of drug-likeness (QED) is 0.876. The number of halogens is 2. The van der Waals surface area contributed by atoms with E-state index < -0.39 is 5.82 Å². The van der Waals surface area contributed by atoms with E-state index in [1.54, 1.807) is 0 Å². The molecule has 0 aliphatic rings. The number of carbonyl (C=O) groups is 1. The maximum Gasteiger partial charge on any atom is 0.279 e. The molecule has 2 aromatic rings. The van der Waals surface area contributed by atoms with Crippen LogP contribution in [0.25, 0.3) is 0 Å². The zero-order chi connectivity index (χ0) is 15.2. The van der Waals surface area contributed by atoms with Gasteiger partial charge in [0.2, 0.25) is 0 Å². The molecule has 3 nitrogen and oxygen atoms in total. The largest absolute Gasteiger partial charge is 0.333 e. The molecular weight excluding hydrogens is 291 g/mol. The molecule has 1 amide bonds. The number of anilines is 1. The summed E-state index contributed by atoms with van der Waals surface area (Å²) < 4.78 is 12.9. The highest BCUT2D eigenvalue weighted by molar-refractivity contribution is 6.33. The Hall–Kier alpha value is -1.91. The first-order valence-corrected chi connectivity index (χ1v) is 7.07. The maximum atomic E-state index is 12.9. The molecule has 2 aromatic carbocycles. The van der Waals surface area contributed by atoms with E-state index in [-0.39, 0.29) is 23.5 Å². The average molecular weight is 308 g/mol. The zero-order valence-corrected chi connectivity index (χ0v) is 12.4. The van der Waals surface area contributed by atoms with Crippen molar-refractivity contribution in [3.05, 3.63) is 64.9 Å². The van der Waals surface area contributed by atoms with Crippen molar-refractivity contribution < 1.29 is 14.5 Å². The number of nitrogens with two attached hydrogens (primary N) is 1. The van der Waals surface area contributed by atoms with Crippen LogP contribution in [0.4, 0.5) is 10.1 Å². The predicted molar refractivity (Wildman–Crippen MR) is 81.7 cm³/mol. The van der Waals surface area contributed by atoms with Gasteiger partial charge in [0, 0.05) is 5.56 Å². The smallest absolute Gasteiger partial charge is 0.279 e. The monoisotopic (exact) mass is 307 g/mol. The van der Waals surface area contributed by atoms with Crippen molar-refractivity contribution in [1.82, 2.24) is 0 Å². The van der Waals surface area contributed by atoms with Crippen LogP contribution in [-0.4, -0.2) is 12.5 Å². The minimum Gasteiger partial charge on any atom is -0.333 e. The van der Waals surface area contributed by atoms with Gasteiger partial charge in [-0.05, 0) is 25.1 Å². The van der Waals surface area contributed by atoms with Gasteiger partial charge < -0.3 is 10.6 Å². The van der Waals surface area contributed by atoms with Crippen molar-refractivity contribution >= 4 is 23.2 Å². The first kappa shape index (κ1) is 15.5. The molecule has 2 rings (SSSR count). The molecule has 3 N–H and O–H groups in total. The normalized spacial score (nSPS) is 12.0. The fraction of sp³-hybridized carbons (Fsp3) is 0.188. The number of hydrogen-bond acceptors (Lipinski definition) is 1. The summed E-state index contributed by atoms with van der Waals surface area (Å²) in [5.74, 6) is -0.603. The van der Waals surface area contributed by atoms with Crippen molar-refractivity contribution in [3.63, 3.8) is 0 Å². The van der Waals surface area contributed by atoms with Crippen molar-refractivity contribution in [2.45, 2.75) is 13.0 Å². The van der Waals surface area contributed by atoms with Crippen LogP contribution in [0, 0.1) is 5.82 Å². The van der Waals surface area contributed by atoms with E-state index in [2.05, 4.69) is 5.32 Å². The molecule has 21 heavy (non-hydrogen) atoms. The highest BCUT2D eigenvalue weighted by Gasteiger charge is 2.12. The lowest BCUT2D eigenvalue weighted by atomic mass is 10.1. The van der Waals surface area contributed by atoms with E-state index in [1.165, 1.54) is 18.2 Å². The van der Waals surface area contributed by atoms with Gasteiger partial charge >= 0.3 is 0 Å². The Morgan fingerprint density at radius 2 is 2.00 bits per heavy atom. The number of carbonyl (C=O) groups excluding carboxylic acids is 1. The Bertz CT molecular complexity index is 619. The van der Waals surface area contributed by atoms with Gasteiger partial charge in [-0.2, -0.15) is 0 Å². The predicted octanol–water partition coefficient (Wildman–Crippen LogP) is 2.74. The van der Waals surface area contributed by atoms with E-state index >= 15 is 0 Å². The second-order valence-corrected chi connectivity index (χ2v) is 5.22. The number of hydrogen-bond donors (Lipinski definition) is 2. The molecule has 0 aromatic heterocycles. The molecular formula is C16H17ClFN2O+. The van der Waals surface area contributed by atoms with Gasteiger partial charge in [-0.25, -0.2) is 4.39 Å². The molecule has 0 radical (unpaired) electrons. The summed E-state index contributed by atoms with van der Waals surface area (Å²) in [5, 5.41) is 4.80. The minimum absolute atomic E-state index is 0.175. The fourth-order valence-electron chi connectivity index (χ4n) is 1.97. The number of rotatable bonds is 5. The summed E-state index contributed by atoms with van der Waals surface area (Å²) in [4.78, 5) is 11.9. The Morgan fingerprint density at radius 3 is 2.67 bits per heavy atom. The van der Waals surface area contributed by atoms with E-state index in [4.69, 9.17) is 11.6 Å². The van der Waals surface area contributed by atoms with Gasteiger partial charge in [-0.1, -0.05) is 41.9 Å². The summed E-state index contributed by atoms with van der Waals surface area (Å²) in [6.07, 6.45) is 0. The molecule has 1 atom stereocenters. The Kier molecular flexibility index (Phi) is 5.31. The molecule has 0 fully saturated rings. The van der Waals surface area contributed by atoms with E-state index in [1.807, 2.05) is 42.6 Å². The van der Waals surface area contributed by atoms with Gasteiger partial charge in [-0.15, -0.1) is 0 Å². The lowest BCUT2D eigenvalue weighted by Crippen LogP contribution is -2.86. The summed E-state index contributed by atoms with van der Waals surface area (Å²) in [7, 11) is 0. The number of amides is 1. The zero-order valence-electron chi connectivity index (χ0n) is 11.6. The number of nitrogens with one attached hydrogen (secondary N) is 1. The van der Waals surface area contributed by atoms with Crippen LogP contribution in [0.2, 0.25) is 5.02 Å². The van der Waals surface area contributed by atoms with Crippen LogP contribution in [0.3, 0.4) is 0 Å². The van der Waals surface area contributed by atoms with Crippen LogP contribution in [-0.2, 0) is 4.79 Å². The van der Waals surface area contributed by atoms with Crippen LogP contribution in [0.15, 0.2) is 48.5 Å². The summed E-state index contributed by atoms with van der Waals surface area (Å²) >= 11 is 5.87. The van der Waals surface area contributed by atoms with Crippen molar-refractivity contribution in [1.29, 1.82) is 0 Å². The SMILES string of the molecule is C[C@@H]([NH2+]CC(=O)Nc1ccc(F)cc1Cl)c1ccccc1. The number of quaternary nitrogens is 1. The van der Waals surface area contributed by atoms with Crippen molar-refractivity contribution in [2.24, 2.45) is 0 Å². The second kappa shape index (κ2) is 7.20. The highest BCUT2D eigenvalue weighted by atomic mass is 35.5. The first-order valence-electron chi connectivity index (χ1n) is 6.69. The first-order chi connectivity index (χ1) is 10.1. The minimum atomic E-state index is -0.428. The van der Waals surface area contributed by atoms with Crippen LogP contribution < -0.4 is 10.6 Å². The molecule has 0 bridgehead atoms. The third kappa shape index (κ3) is 4.55. The molecule has 0 spiro atoms. The summed E-state index contributed by atoms with van der Waals surface area (Å²) in [6.45, 7) is 2.30.